The molecule has 0 amide bonds. The molecular weight excluding hydrogens is 258 g/mol. The smallest absolute Gasteiger partial charge is 0.0579 e. The van der Waals surface area contributed by atoms with E-state index in [9.17, 15) is 5.11 Å². The van der Waals surface area contributed by atoms with E-state index in [2.05, 4.69) is 50.0 Å². The van der Waals surface area contributed by atoms with Gasteiger partial charge >= 0.3 is 0 Å². The molecule has 1 heterocycles. The largest absolute Gasteiger partial charge is 0.393 e. The summed E-state index contributed by atoms with van der Waals surface area (Å²) in [6, 6.07) is 8.54. The van der Waals surface area contributed by atoms with E-state index in [1.165, 1.54) is 22.8 Å². The molecule has 1 aliphatic carbocycles. The third-order valence-corrected chi connectivity index (χ3v) is 5.38. The van der Waals surface area contributed by atoms with Crippen molar-refractivity contribution in [3.05, 3.63) is 42.2 Å². The van der Waals surface area contributed by atoms with Crippen LogP contribution >= 0.6 is 0 Å². The fourth-order valence-corrected chi connectivity index (χ4v) is 4.08. The highest BCUT2D eigenvalue weighted by molar-refractivity contribution is 5.85. The first-order valence-corrected chi connectivity index (χ1v) is 8.01. The Bertz CT molecular complexity index is 629. The number of hydrogen-bond donors (Lipinski definition) is 1. The molecular formula is C19H25NO. The van der Waals surface area contributed by atoms with Crippen LogP contribution < -0.4 is 0 Å². The minimum absolute atomic E-state index is 0.0274. The number of fused-ring (bicyclic) bond motifs is 1. The molecule has 1 aromatic heterocycles. The van der Waals surface area contributed by atoms with Crippen molar-refractivity contribution in [3.63, 3.8) is 0 Å². The molecule has 0 bridgehead atoms. The number of aliphatic hydroxyl groups excluding tert-OH is 1. The molecule has 3 rings (SSSR count). The molecule has 1 aliphatic rings. The van der Waals surface area contributed by atoms with Gasteiger partial charge in [0, 0.05) is 17.8 Å². The first-order chi connectivity index (χ1) is 10.00. The van der Waals surface area contributed by atoms with Gasteiger partial charge in [-0.3, -0.25) is 4.98 Å². The lowest BCUT2D eigenvalue weighted by molar-refractivity contribution is 0.0147. The van der Waals surface area contributed by atoms with Gasteiger partial charge in [0.2, 0.25) is 0 Å². The molecule has 2 nitrogen and oxygen atoms in total. The zero-order valence-electron chi connectivity index (χ0n) is 13.2. The molecule has 1 fully saturated rings. The summed E-state index contributed by atoms with van der Waals surface area (Å²) in [4.78, 5) is 4.22. The Balaban J connectivity index is 2.04. The quantitative estimate of drug-likeness (QED) is 0.891. The predicted octanol–water partition coefficient (Wildman–Crippen LogP) is 4.31. The van der Waals surface area contributed by atoms with Gasteiger partial charge in [0.05, 0.1) is 6.10 Å². The van der Waals surface area contributed by atoms with Gasteiger partial charge in [-0.25, -0.2) is 0 Å². The van der Waals surface area contributed by atoms with Gasteiger partial charge in [0.25, 0.3) is 0 Å². The molecule has 21 heavy (non-hydrogen) atoms. The fourth-order valence-electron chi connectivity index (χ4n) is 4.08. The van der Waals surface area contributed by atoms with Crippen LogP contribution in [0, 0.1) is 11.8 Å². The van der Waals surface area contributed by atoms with Crippen molar-refractivity contribution in [1.29, 1.82) is 0 Å². The predicted molar refractivity (Wildman–Crippen MR) is 87.3 cm³/mol. The van der Waals surface area contributed by atoms with Crippen LogP contribution in [0.4, 0.5) is 0 Å². The Kier molecular flexibility index (Phi) is 3.75. The minimum atomic E-state index is -0.194. The molecule has 112 valence electrons. The summed E-state index contributed by atoms with van der Waals surface area (Å²) in [6.45, 7) is 6.81. The van der Waals surface area contributed by atoms with E-state index < -0.39 is 0 Å². The van der Waals surface area contributed by atoms with Crippen LogP contribution in [0.2, 0.25) is 0 Å². The van der Waals surface area contributed by atoms with Crippen molar-refractivity contribution < 1.29 is 5.11 Å². The van der Waals surface area contributed by atoms with Crippen molar-refractivity contribution >= 4 is 10.8 Å². The third-order valence-electron chi connectivity index (χ3n) is 5.38. The number of rotatable bonds is 2. The summed E-state index contributed by atoms with van der Waals surface area (Å²) in [5.41, 5.74) is 1.31. The van der Waals surface area contributed by atoms with E-state index in [4.69, 9.17) is 0 Å². The van der Waals surface area contributed by atoms with E-state index in [0.717, 1.165) is 12.8 Å². The lowest BCUT2D eigenvalue weighted by atomic mass is 9.64. The van der Waals surface area contributed by atoms with Gasteiger partial charge in [-0.15, -0.1) is 0 Å². The van der Waals surface area contributed by atoms with Gasteiger partial charge in [-0.1, -0.05) is 45.4 Å². The van der Waals surface area contributed by atoms with Gasteiger partial charge in [0.15, 0.2) is 0 Å². The summed E-state index contributed by atoms with van der Waals surface area (Å²) in [6.07, 6.45) is 6.85. The molecule has 0 saturated heterocycles. The zero-order chi connectivity index (χ0) is 15.0. The third kappa shape index (κ3) is 2.57. The number of benzene rings is 1. The Hall–Kier alpha value is -1.41. The Morgan fingerprint density at radius 3 is 2.76 bits per heavy atom. The summed E-state index contributed by atoms with van der Waals surface area (Å²) in [5.74, 6) is 0.969. The molecule has 3 unspecified atom stereocenters. The fraction of sp³-hybridized carbons (Fsp3) is 0.526. The highest BCUT2D eigenvalue weighted by Gasteiger charge is 2.39. The second-order valence-electron chi connectivity index (χ2n) is 7.22. The monoisotopic (exact) mass is 283 g/mol. The lowest BCUT2D eigenvalue weighted by Crippen LogP contribution is -2.41. The molecule has 0 radical (unpaired) electrons. The van der Waals surface area contributed by atoms with E-state index >= 15 is 0 Å². The molecule has 1 saturated carbocycles. The van der Waals surface area contributed by atoms with Crippen molar-refractivity contribution in [2.24, 2.45) is 11.8 Å². The normalized spacial score (nSPS) is 27.0. The van der Waals surface area contributed by atoms with E-state index in [0.29, 0.717) is 11.8 Å². The lowest BCUT2D eigenvalue weighted by Gasteiger charge is -2.42. The first kappa shape index (κ1) is 14.5. The molecule has 2 aromatic rings. The number of aliphatic hydroxyl groups is 1. The van der Waals surface area contributed by atoms with Gasteiger partial charge in [-0.05, 0) is 47.1 Å². The minimum Gasteiger partial charge on any atom is -0.393 e. The number of pyridine rings is 1. The van der Waals surface area contributed by atoms with Crippen LogP contribution in [-0.4, -0.2) is 16.2 Å². The SMILES string of the molecule is CC1CCC(C(C)(C)c2cccc3cnccc23)C(O)C1. The molecule has 0 aliphatic heterocycles. The van der Waals surface area contributed by atoms with Gasteiger partial charge in [0.1, 0.15) is 0 Å². The van der Waals surface area contributed by atoms with Crippen molar-refractivity contribution in [3.8, 4) is 0 Å². The highest BCUT2D eigenvalue weighted by Crippen LogP contribution is 2.44. The van der Waals surface area contributed by atoms with E-state index in [-0.39, 0.29) is 11.5 Å². The number of nitrogens with zero attached hydrogens (tertiary/aromatic N) is 1. The van der Waals surface area contributed by atoms with Crippen LogP contribution in [0.1, 0.15) is 45.6 Å². The Morgan fingerprint density at radius 2 is 2.00 bits per heavy atom. The highest BCUT2D eigenvalue weighted by atomic mass is 16.3. The van der Waals surface area contributed by atoms with Crippen LogP contribution in [-0.2, 0) is 5.41 Å². The second kappa shape index (κ2) is 5.42. The maximum Gasteiger partial charge on any atom is 0.0579 e. The maximum absolute atomic E-state index is 10.6. The number of hydrogen-bond acceptors (Lipinski definition) is 2. The zero-order valence-corrected chi connectivity index (χ0v) is 13.2. The second-order valence-corrected chi connectivity index (χ2v) is 7.22. The maximum atomic E-state index is 10.6. The van der Waals surface area contributed by atoms with Crippen molar-refractivity contribution in [2.45, 2.75) is 51.6 Å². The molecule has 2 heteroatoms. The topological polar surface area (TPSA) is 33.1 Å². The molecule has 3 atom stereocenters. The summed E-state index contributed by atoms with van der Waals surface area (Å²) in [5, 5.41) is 13.0. The van der Waals surface area contributed by atoms with Crippen LogP contribution in [0.25, 0.3) is 10.8 Å². The van der Waals surface area contributed by atoms with Gasteiger partial charge < -0.3 is 5.11 Å². The summed E-state index contributed by atoms with van der Waals surface area (Å²) < 4.78 is 0. The summed E-state index contributed by atoms with van der Waals surface area (Å²) >= 11 is 0. The Labute approximate surface area is 127 Å². The standard InChI is InChI=1S/C19H25NO/c1-13-7-8-17(18(21)11-13)19(2,3)16-6-4-5-14-12-20-10-9-15(14)16/h4-6,9-10,12-13,17-18,21H,7-8,11H2,1-3H3. The number of aromatic nitrogens is 1. The average molecular weight is 283 g/mol. The van der Waals surface area contributed by atoms with Crippen molar-refractivity contribution in [1.82, 2.24) is 4.98 Å². The van der Waals surface area contributed by atoms with Crippen LogP contribution in [0.15, 0.2) is 36.7 Å². The van der Waals surface area contributed by atoms with Gasteiger partial charge in [-0.2, -0.15) is 0 Å². The van der Waals surface area contributed by atoms with Crippen LogP contribution in [0.5, 0.6) is 0 Å². The van der Waals surface area contributed by atoms with E-state index in [1.807, 2.05) is 12.4 Å². The van der Waals surface area contributed by atoms with Crippen LogP contribution in [0.3, 0.4) is 0 Å². The van der Waals surface area contributed by atoms with Crippen molar-refractivity contribution in [2.75, 3.05) is 0 Å². The average Bonchev–Trinajstić information content (AvgIpc) is 2.46. The van der Waals surface area contributed by atoms with E-state index in [1.54, 1.807) is 0 Å². The Morgan fingerprint density at radius 1 is 1.19 bits per heavy atom. The molecule has 1 N–H and O–H groups in total. The summed E-state index contributed by atoms with van der Waals surface area (Å²) in [7, 11) is 0. The molecule has 1 aromatic carbocycles. The molecule has 0 spiro atoms. The first-order valence-electron chi connectivity index (χ1n) is 8.01.